The largest absolute Gasteiger partial charge is 0.462 e. The summed E-state index contributed by atoms with van der Waals surface area (Å²) in [4.78, 5) is 15.8. The van der Waals surface area contributed by atoms with Gasteiger partial charge in [0.15, 0.2) is 11.6 Å². The summed E-state index contributed by atoms with van der Waals surface area (Å²) in [5.41, 5.74) is 5.90. The van der Waals surface area contributed by atoms with Gasteiger partial charge in [-0.15, -0.1) is 0 Å². The van der Waals surface area contributed by atoms with Gasteiger partial charge in [-0.2, -0.15) is 9.36 Å². The van der Waals surface area contributed by atoms with Gasteiger partial charge in [0.1, 0.15) is 10.6 Å². The third-order valence-electron chi connectivity index (χ3n) is 2.17. The van der Waals surface area contributed by atoms with Crippen LogP contribution in [-0.4, -0.2) is 27.1 Å². The normalized spacial score (nSPS) is 10.4. The summed E-state index contributed by atoms with van der Waals surface area (Å²) in [6.07, 6.45) is 0. The van der Waals surface area contributed by atoms with E-state index >= 15 is 0 Å². The molecular weight excluding hydrogens is 270 g/mol. The van der Waals surface area contributed by atoms with Crippen LogP contribution in [0.2, 0.25) is 0 Å². The number of nitrogens with zero attached hydrogens (tertiary/aromatic N) is 3. The first-order valence-electron chi connectivity index (χ1n) is 5.57. The second-order valence-corrected chi connectivity index (χ2v) is 4.35. The molecule has 0 spiro atoms. The van der Waals surface area contributed by atoms with Crippen LogP contribution in [0.5, 0.6) is 0 Å². The van der Waals surface area contributed by atoms with Crippen molar-refractivity contribution >= 4 is 28.3 Å². The maximum atomic E-state index is 11.7. The van der Waals surface area contributed by atoms with E-state index in [-0.39, 0.29) is 18.0 Å². The molecule has 9 heteroatoms. The monoisotopic (exact) mass is 283 g/mol. The summed E-state index contributed by atoms with van der Waals surface area (Å²) in [6.45, 7) is 4.01. The third kappa shape index (κ3) is 2.99. The van der Waals surface area contributed by atoms with E-state index in [9.17, 15) is 4.79 Å². The fraction of sp³-hybridized carbons (Fsp3) is 0.400. The summed E-state index contributed by atoms with van der Waals surface area (Å²) in [5.74, 6) is 0.612. The van der Waals surface area contributed by atoms with Gasteiger partial charge in [0.25, 0.3) is 0 Å². The molecule has 102 valence electrons. The smallest absolute Gasteiger partial charge is 0.344 e. The molecule has 2 heterocycles. The number of esters is 1. The third-order valence-corrected chi connectivity index (χ3v) is 2.99. The Kier molecular flexibility index (Phi) is 3.95. The van der Waals surface area contributed by atoms with Crippen molar-refractivity contribution in [2.75, 3.05) is 17.7 Å². The SMILES string of the molecule is CCOC(=O)c1c(N)nsc1NCc1noc(C)n1. The first-order chi connectivity index (χ1) is 9.11. The zero-order valence-corrected chi connectivity index (χ0v) is 11.3. The fourth-order valence-corrected chi connectivity index (χ4v) is 2.09. The van der Waals surface area contributed by atoms with Crippen molar-refractivity contribution in [3.05, 3.63) is 17.3 Å². The first-order valence-corrected chi connectivity index (χ1v) is 6.34. The first kappa shape index (κ1) is 13.3. The van der Waals surface area contributed by atoms with Crippen LogP contribution in [-0.2, 0) is 11.3 Å². The van der Waals surface area contributed by atoms with Crippen molar-refractivity contribution in [2.24, 2.45) is 0 Å². The highest BCUT2D eigenvalue weighted by molar-refractivity contribution is 7.11. The Labute approximate surface area is 113 Å². The lowest BCUT2D eigenvalue weighted by Crippen LogP contribution is -2.10. The molecule has 0 saturated heterocycles. The molecule has 2 aromatic heterocycles. The molecule has 0 saturated carbocycles. The van der Waals surface area contributed by atoms with Crippen LogP contribution in [0, 0.1) is 6.92 Å². The Balaban J connectivity index is 2.10. The number of carbonyl (C=O) groups excluding carboxylic acids is 1. The number of carbonyl (C=O) groups is 1. The lowest BCUT2D eigenvalue weighted by atomic mass is 10.3. The second kappa shape index (κ2) is 5.65. The van der Waals surface area contributed by atoms with Gasteiger partial charge >= 0.3 is 5.97 Å². The molecule has 0 unspecified atom stereocenters. The number of ether oxygens (including phenoxy) is 1. The minimum absolute atomic E-state index is 0.148. The van der Waals surface area contributed by atoms with Crippen LogP contribution < -0.4 is 11.1 Å². The second-order valence-electron chi connectivity index (χ2n) is 3.58. The summed E-state index contributed by atoms with van der Waals surface area (Å²) in [5, 5.41) is 7.26. The summed E-state index contributed by atoms with van der Waals surface area (Å²) in [6, 6.07) is 0. The van der Waals surface area contributed by atoms with E-state index in [0.717, 1.165) is 11.5 Å². The zero-order chi connectivity index (χ0) is 13.8. The van der Waals surface area contributed by atoms with Crippen LogP contribution in [0.4, 0.5) is 10.8 Å². The van der Waals surface area contributed by atoms with Crippen LogP contribution in [0.3, 0.4) is 0 Å². The van der Waals surface area contributed by atoms with Gasteiger partial charge in [0, 0.05) is 6.92 Å². The average molecular weight is 283 g/mol. The number of rotatable bonds is 5. The van der Waals surface area contributed by atoms with E-state index in [2.05, 4.69) is 19.8 Å². The predicted molar refractivity (Wildman–Crippen MR) is 68.8 cm³/mol. The van der Waals surface area contributed by atoms with Gasteiger partial charge in [0.05, 0.1) is 13.2 Å². The standard InChI is InChI=1S/C10H13N5O3S/c1-3-17-10(16)7-8(11)15-19-9(7)12-4-6-13-5(2)18-14-6/h12H,3-4H2,1-2H3,(H2,11,15). The number of hydrogen-bond donors (Lipinski definition) is 2. The Morgan fingerprint density at radius 3 is 3.00 bits per heavy atom. The summed E-state index contributed by atoms with van der Waals surface area (Å²) >= 11 is 1.08. The lowest BCUT2D eigenvalue weighted by Gasteiger charge is -2.04. The van der Waals surface area contributed by atoms with Crippen LogP contribution >= 0.6 is 11.5 Å². The molecule has 0 amide bonds. The number of hydrogen-bond acceptors (Lipinski definition) is 9. The van der Waals surface area contributed by atoms with E-state index in [4.69, 9.17) is 15.0 Å². The summed E-state index contributed by atoms with van der Waals surface area (Å²) < 4.78 is 13.7. The van der Waals surface area contributed by atoms with Crippen molar-refractivity contribution in [3.63, 3.8) is 0 Å². The van der Waals surface area contributed by atoms with E-state index < -0.39 is 5.97 Å². The molecule has 8 nitrogen and oxygen atoms in total. The van der Waals surface area contributed by atoms with Gasteiger partial charge in [-0.3, -0.25) is 0 Å². The highest BCUT2D eigenvalue weighted by Crippen LogP contribution is 2.27. The van der Waals surface area contributed by atoms with Gasteiger partial charge in [-0.1, -0.05) is 5.16 Å². The molecule has 2 rings (SSSR count). The highest BCUT2D eigenvalue weighted by atomic mass is 32.1. The molecule has 0 fully saturated rings. The summed E-state index contributed by atoms with van der Waals surface area (Å²) in [7, 11) is 0. The maximum Gasteiger partial charge on any atom is 0.344 e. The Morgan fingerprint density at radius 1 is 1.58 bits per heavy atom. The number of aryl methyl sites for hydroxylation is 1. The van der Waals surface area contributed by atoms with Gasteiger partial charge < -0.3 is 20.3 Å². The number of anilines is 2. The fourth-order valence-electron chi connectivity index (χ4n) is 1.40. The lowest BCUT2D eigenvalue weighted by molar-refractivity contribution is 0.0529. The van der Waals surface area contributed by atoms with E-state index in [0.29, 0.717) is 23.3 Å². The molecule has 0 aliphatic rings. The van der Waals surface area contributed by atoms with Crippen molar-refractivity contribution < 1.29 is 14.1 Å². The molecule has 0 bridgehead atoms. The van der Waals surface area contributed by atoms with E-state index in [1.807, 2.05) is 0 Å². The van der Waals surface area contributed by atoms with Gasteiger partial charge in [-0.25, -0.2) is 4.79 Å². The number of nitrogen functional groups attached to an aromatic ring is 1. The highest BCUT2D eigenvalue weighted by Gasteiger charge is 2.20. The Hall–Kier alpha value is -2.16. The maximum absolute atomic E-state index is 11.7. The van der Waals surface area contributed by atoms with Crippen LogP contribution in [0.25, 0.3) is 0 Å². The topological polar surface area (TPSA) is 116 Å². The molecule has 0 aliphatic carbocycles. The quantitative estimate of drug-likeness (QED) is 0.786. The van der Waals surface area contributed by atoms with Crippen molar-refractivity contribution in [3.8, 4) is 0 Å². The molecule has 0 aromatic carbocycles. The average Bonchev–Trinajstić information content (AvgIpc) is 2.93. The number of nitrogens with one attached hydrogen (secondary N) is 1. The van der Waals surface area contributed by atoms with Gasteiger partial charge in [0.2, 0.25) is 5.89 Å². The number of aromatic nitrogens is 3. The van der Waals surface area contributed by atoms with Crippen molar-refractivity contribution in [1.29, 1.82) is 0 Å². The van der Waals surface area contributed by atoms with Crippen molar-refractivity contribution in [1.82, 2.24) is 14.5 Å². The molecule has 19 heavy (non-hydrogen) atoms. The molecule has 0 atom stereocenters. The van der Waals surface area contributed by atoms with E-state index in [1.54, 1.807) is 13.8 Å². The van der Waals surface area contributed by atoms with E-state index in [1.165, 1.54) is 0 Å². The minimum Gasteiger partial charge on any atom is -0.462 e. The minimum atomic E-state index is -0.499. The van der Waals surface area contributed by atoms with Crippen molar-refractivity contribution in [2.45, 2.75) is 20.4 Å². The molecular formula is C10H13N5O3S. The zero-order valence-electron chi connectivity index (χ0n) is 10.5. The Morgan fingerprint density at radius 2 is 2.37 bits per heavy atom. The molecule has 3 N–H and O–H groups in total. The van der Waals surface area contributed by atoms with Crippen LogP contribution in [0.15, 0.2) is 4.52 Å². The van der Waals surface area contributed by atoms with Crippen LogP contribution in [0.1, 0.15) is 29.0 Å². The van der Waals surface area contributed by atoms with Gasteiger partial charge in [-0.05, 0) is 18.5 Å². The molecule has 0 radical (unpaired) electrons. The Bertz CT molecular complexity index is 579. The molecule has 2 aromatic rings. The number of nitrogens with two attached hydrogens (primary N) is 1. The predicted octanol–water partition coefficient (Wildman–Crippen LogP) is 1.21. The molecule has 0 aliphatic heterocycles.